The Kier molecular flexibility index (Phi) is 18.2. The van der Waals surface area contributed by atoms with Crippen LogP contribution in [0.2, 0.25) is 0 Å². The summed E-state index contributed by atoms with van der Waals surface area (Å²) in [5.74, 6) is 0.560. The molecule has 1 unspecified atom stereocenters. The van der Waals surface area contributed by atoms with Gasteiger partial charge >= 0.3 is 26.2 Å². The summed E-state index contributed by atoms with van der Waals surface area (Å²) in [5.41, 5.74) is 7.02. The summed E-state index contributed by atoms with van der Waals surface area (Å²) in [5, 5.41) is 2.90. The van der Waals surface area contributed by atoms with E-state index >= 15 is 0 Å². The molecule has 1 atom stereocenters. The van der Waals surface area contributed by atoms with E-state index in [1.165, 1.54) is 38.2 Å². The standard InChI is InChI=1S/C14H14Si.C9H13.C5H5.2ClH.Zr/c1-11-7-3-5-9-13(11)15-14-10-6-4-8-12(14)2;1-6-5-7(2)9(4)8(6)3;1-2-4-5-3-1;;;/h3-10H,1-2H3;6H,1-4H3;1-3H,4H2;2*1H;/q;2*-1;;;+2. The summed E-state index contributed by atoms with van der Waals surface area (Å²) in [6, 6.07) is 17.2. The zero-order valence-corrected chi connectivity index (χ0v) is 25.0. The molecule has 168 valence electrons. The fraction of sp³-hybridized carbons (Fsp3) is 0.286. The van der Waals surface area contributed by atoms with Crippen LogP contribution in [0.3, 0.4) is 0 Å². The van der Waals surface area contributed by atoms with Gasteiger partial charge in [-0.3, -0.25) is 12.2 Å². The second kappa shape index (κ2) is 17.5. The van der Waals surface area contributed by atoms with Gasteiger partial charge in [-0.05, 0) is 13.8 Å². The zero-order chi connectivity index (χ0) is 21.2. The number of aryl methyl sites for hydroxylation is 2. The van der Waals surface area contributed by atoms with E-state index in [0.717, 1.165) is 15.9 Å². The number of rotatable bonds is 2. The second-order valence-corrected chi connectivity index (χ2v) is 8.88. The molecule has 0 fully saturated rings. The maximum absolute atomic E-state index is 3.36. The van der Waals surface area contributed by atoms with E-state index < -0.39 is 0 Å². The molecule has 0 nitrogen and oxygen atoms in total. The van der Waals surface area contributed by atoms with Crippen molar-refractivity contribution in [3.8, 4) is 0 Å². The van der Waals surface area contributed by atoms with Crippen LogP contribution < -0.4 is 10.4 Å². The third-order valence-electron chi connectivity index (χ3n) is 5.38. The van der Waals surface area contributed by atoms with Crippen LogP contribution in [0, 0.1) is 31.9 Å². The van der Waals surface area contributed by atoms with Crippen molar-refractivity contribution in [3.63, 3.8) is 0 Å². The average Bonchev–Trinajstić information content (AvgIpc) is 3.36. The van der Waals surface area contributed by atoms with Gasteiger partial charge in [-0.2, -0.15) is 17.2 Å². The van der Waals surface area contributed by atoms with Gasteiger partial charge < -0.3 is 0 Å². The summed E-state index contributed by atoms with van der Waals surface area (Å²) in [6.45, 7) is 13.0. The molecule has 2 aromatic carbocycles. The minimum Gasteiger partial charge on any atom is -0.273 e. The summed E-state index contributed by atoms with van der Waals surface area (Å²) in [6.07, 6.45) is 13.4. The van der Waals surface area contributed by atoms with Gasteiger partial charge in [-0.25, -0.2) is 17.7 Å². The first-order valence-electron chi connectivity index (χ1n) is 10.3. The molecule has 0 saturated carbocycles. The van der Waals surface area contributed by atoms with Gasteiger partial charge in [0.05, 0.1) is 0 Å². The Bertz CT molecular complexity index is 888. The maximum atomic E-state index is 3.36. The van der Waals surface area contributed by atoms with Gasteiger partial charge in [0.1, 0.15) is 9.52 Å². The Morgan fingerprint density at radius 2 is 1.31 bits per heavy atom. The molecule has 32 heavy (non-hydrogen) atoms. The minimum atomic E-state index is 0. The van der Waals surface area contributed by atoms with Crippen molar-refractivity contribution in [2.75, 3.05) is 0 Å². The molecule has 0 aliphatic heterocycles. The Hall–Kier alpha value is -0.920. The Labute approximate surface area is 230 Å². The largest absolute Gasteiger partial charge is 2.00 e. The third-order valence-corrected chi connectivity index (χ3v) is 7.04. The molecule has 0 aromatic heterocycles. The van der Waals surface area contributed by atoms with Gasteiger partial charge in [-0.1, -0.05) is 96.7 Å². The third kappa shape index (κ3) is 10.8. The minimum absolute atomic E-state index is 0. The first-order chi connectivity index (χ1) is 13.9. The van der Waals surface area contributed by atoms with E-state index in [-0.39, 0.29) is 51.0 Å². The SMILES string of the molecule is CC1=[C-]C(C)C(C)=C1C.Cc1ccccc1[Si]c1ccccc1C.Cl.Cl.[C-]1=CC=CC1.[Zr+2]. The molecule has 0 saturated heterocycles. The van der Waals surface area contributed by atoms with E-state index in [9.17, 15) is 0 Å². The molecule has 2 aliphatic carbocycles. The molecule has 0 bridgehead atoms. The van der Waals surface area contributed by atoms with Crippen molar-refractivity contribution >= 4 is 44.7 Å². The van der Waals surface area contributed by atoms with Crippen molar-refractivity contribution in [1.82, 2.24) is 0 Å². The van der Waals surface area contributed by atoms with Crippen molar-refractivity contribution in [1.29, 1.82) is 0 Å². The number of hydrogen-bond donors (Lipinski definition) is 0. The molecule has 0 N–H and O–H groups in total. The maximum Gasteiger partial charge on any atom is 2.00 e. The van der Waals surface area contributed by atoms with Crippen LogP contribution in [-0.2, 0) is 26.2 Å². The molecule has 0 heterocycles. The molecule has 0 spiro atoms. The van der Waals surface area contributed by atoms with E-state index in [4.69, 9.17) is 0 Å². The van der Waals surface area contributed by atoms with Crippen LogP contribution in [0.5, 0.6) is 0 Å². The van der Waals surface area contributed by atoms with Crippen LogP contribution in [0.25, 0.3) is 0 Å². The molecule has 4 rings (SSSR count). The van der Waals surface area contributed by atoms with Gasteiger partial charge in [0.15, 0.2) is 0 Å². The van der Waals surface area contributed by atoms with Crippen molar-refractivity contribution in [3.05, 3.63) is 107 Å². The molecular weight excluding hydrogens is 527 g/mol. The Morgan fingerprint density at radius 3 is 1.56 bits per heavy atom. The van der Waals surface area contributed by atoms with Crippen molar-refractivity contribution in [2.45, 2.75) is 48.0 Å². The predicted octanol–water partition coefficient (Wildman–Crippen LogP) is 6.83. The van der Waals surface area contributed by atoms with Crippen LogP contribution in [0.1, 0.15) is 45.2 Å². The smallest absolute Gasteiger partial charge is 0.273 e. The van der Waals surface area contributed by atoms with Gasteiger partial charge in [0.25, 0.3) is 0 Å². The predicted molar refractivity (Wildman–Crippen MR) is 143 cm³/mol. The number of hydrogen-bond acceptors (Lipinski definition) is 0. The van der Waals surface area contributed by atoms with Gasteiger partial charge in [0.2, 0.25) is 0 Å². The second-order valence-electron chi connectivity index (χ2n) is 7.56. The Balaban J connectivity index is 0. The van der Waals surface area contributed by atoms with E-state index in [1.54, 1.807) is 0 Å². The average molecular weight is 561 g/mol. The molecule has 2 aromatic rings. The molecule has 0 amide bonds. The summed E-state index contributed by atoms with van der Waals surface area (Å²) in [7, 11) is 0.774. The first-order valence-corrected chi connectivity index (χ1v) is 11.3. The van der Waals surface area contributed by atoms with Crippen molar-refractivity contribution in [2.24, 2.45) is 5.92 Å². The van der Waals surface area contributed by atoms with Gasteiger partial charge in [0, 0.05) is 0 Å². The summed E-state index contributed by atoms with van der Waals surface area (Å²) >= 11 is 0. The van der Waals surface area contributed by atoms with Crippen molar-refractivity contribution < 1.29 is 26.2 Å². The molecular formula is C28H34Cl2SiZr. The van der Waals surface area contributed by atoms with Crippen LogP contribution >= 0.6 is 24.8 Å². The van der Waals surface area contributed by atoms with Gasteiger partial charge in [-0.15, -0.1) is 38.2 Å². The molecule has 2 radical (unpaired) electrons. The number of benzene rings is 2. The molecule has 4 heteroatoms. The quantitative estimate of drug-likeness (QED) is 0.279. The fourth-order valence-corrected chi connectivity index (χ4v) is 4.28. The fourth-order valence-electron chi connectivity index (χ4n) is 3.07. The number of halogens is 2. The zero-order valence-electron chi connectivity index (χ0n) is 20.0. The summed E-state index contributed by atoms with van der Waals surface area (Å²) in [4.78, 5) is 0. The van der Waals surface area contributed by atoms with Crippen LogP contribution in [-0.4, -0.2) is 9.52 Å². The normalized spacial score (nSPS) is 15.2. The number of allylic oxidation sites excluding steroid dienone is 8. The topological polar surface area (TPSA) is 0 Å². The first kappa shape index (κ1) is 33.3. The molecule has 2 aliphatic rings. The Morgan fingerprint density at radius 1 is 0.812 bits per heavy atom. The van der Waals surface area contributed by atoms with E-state index in [1.807, 2.05) is 12.2 Å². The van der Waals surface area contributed by atoms with E-state index in [0.29, 0.717) is 5.92 Å². The monoisotopic (exact) mass is 558 g/mol. The van der Waals surface area contributed by atoms with E-state index in [2.05, 4.69) is 108 Å². The summed E-state index contributed by atoms with van der Waals surface area (Å²) < 4.78 is 0. The van der Waals surface area contributed by atoms with Crippen LogP contribution in [0.15, 0.2) is 83.5 Å². The van der Waals surface area contributed by atoms with Crippen LogP contribution in [0.4, 0.5) is 0 Å².